The molecule has 0 bridgehead atoms. The number of carbonyl (C=O) groups is 1. The van der Waals surface area contributed by atoms with Crippen LogP contribution in [-0.4, -0.2) is 47.2 Å². The molecular weight excluding hydrogens is 344 g/mol. The predicted molar refractivity (Wildman–Crippen MR) is 101 cm³/mol. The van der Waals surface area contributed by atoms with Crippen LogP contribution in [0, 0.1) is 6.92 Å². The highest BCUT2D eigenvalue weighted by Gasteiger charge is 2.24. The first kappa shape index (κ1) is 17.3. The molecule has 1 saturated heterocycles. The van der Waals surface area contributed by atoms with E-state index in [4.69, 9.17) is 9.47 Å². The maximum absolute atomic E-state index is 12.7. The van der Waals surface area contributed by atoms with Crippen molar-refractivity contribution in [2.45, 2.75) is 6.92 Å². The molecule has 2 heterocycles. The highest BCUT2D eigenvalue weighted by molar-refractivity contribution is 6.02. The van der Waals surface area contributed by atoms with Gasteiger partial charge in [-0.2, -0.15) is 0 Å². The van der Waals surface area contributed by atoms with E-state index in [1.165, 1.54) is 0 Å². The molecule has 3 aromatic rings. The van der Waals surface area contributed by atoms with Gasteiger partial charge in [0.05, 0.1) is 13.2 Å². The van der Waals surface area contributed by atoms with Crippen LogP contribution in [0.15, 0.2) is 48.5 Å². The topological polar surface area (TPSA) is 71.9 Å². The van der Waals surface area contributed by atoms with Crippen molar-refractivity contribution < 1.29 is 19.4 Å². The van der Waals surface area contributed by atoms with E-state index in [0.717, 1.165) is 11.1 Å². The highest BCUT2D eigenvalue weighted by atomic mass is 16.5. The van der Waals surface area contributed by atoms with Gasteiger partial charge in [-0.15, -0.1) is 0 Å². The minimum atomic E-state index is -0.273. The summed E-state index contributed by atoms with van der Waals surface area (Å²) in [4.78, 5) is 18.8. The average Bonchev–Trinajstić information content (AvgIpc) is 2.71. The lowest BCUT2D eigenvalue weighted by Gasteiger charge is -2.27. The summed E-state index contributed by atoms with van der Waals surface area (Å²) in [5.41, 5.74) is 0.747. The fourth-order valence-electron chi connectivity index (χ4n) is 3.19. The van der Waals surface area contributed by atoms with Crippen LogP contribution in [-0.2, 0) is 4.74 Å². The van der Waals surface area contributed by atoms with Crippen molar-refractivity contribution in [1.82, 2.24) is 9.88 Å². The summed E-state index contributed by atoms with van der Waals surface area (Å²) >= 11 is 0. The van der Waals surface area contributed by atoms with Crippen molar-refractivity contribution in [1.29, 1.82) is 0 Å². The first-order chi connectivity index (χ1) is 13.1. The second-order valence-electron chi connectivity index (χ2n) is 6.42. The van der Waals surface area contributed by atoms with Gasteiger partial charge in [0.1, 0.15) is 11.5 Å². The Kier molecular flexibility index (Phi) is 4.64. The molecule has 0 saturated carbocycles. The second-order valence-corrected chi connectivity index (χ2v) is 6.42. The van der Waals surface area contributed by atoms with Crippen molar-refractivity contribution in [3.05, 3.63) is 59.9 Å². The van der Waals surface area contributed by atoms with Gasteiger partial charge in [0, 0.05) is 29.6 Å². The Hall–Kier alpha value is -3.12. The van der Waals surface area contributed by atoms with E-state index in [0.29, 0.717) is 43.1 Å². The molecule has 0 atom stereocenters. The summed E-state index contributed by atoms with van der Waals surface area (Å²) in [5.74, 6) is 1.000. The van der Waals surface area contributed by atoms with Gasteiger partial charge in [-0.1, -0.05) is 18.2 Å². The molecule has 0 spiro atoms. The number of aromatic hydroxyl groups is 1. The van der Waals surface area contributed by atoms with Crippen molar-refractivity contribution in [3.8, 4) is 17.2 Å². The summed E-state index contributed by atoms with van der Waals surface area (Å²) in [7, 11) is 0. The Balaban J connectivity index is 1.69. The van der Waals surface area contributed by atoms with Crippen LogP contribution < -0.4 is 4.74 Å². The zero-order valence-electron chi connectivity index (χ0n) is 15.0. The maximum Gasteiger partial charge on any atom is 0.276 e. The molecule has 1 amide bonds. The molecule has 1 aliphatic heterocycles. The number of hydrogen-bond acceptors (Lipinski definition) is 5. The number of amides is 1. The van der Waals surface area contributed by atoms with Gasteiger partial charge in [-0.3, -0.25) is 4.79 Å². The molecule has 4 rings (SSSR count). The number of fused-ring (bicyclic) bond motifs is 1. The molecule has 138 valence electrons. The molecule has 27 heavy (non-hydrogen) atoms. The molecule has 0 unspecified atom stereocenters. The monoisotopic (exact) mass is 364 g/mol. The molecule has 0 radical (unpaired) electrons. The van der Waals surface area contributed by atoms with Gasteiger partial charge < -0.3 is 19.5 Å². The third kappa shape index (κ3) is 3.44. The fourth-order valence-corrected chi connectivity index (χ4v) is 3.19. The third-order valence-electron chi connectivity index (χ3n) is 4.62. The van der Waals surface area contributed by atoms with Crippen LogP contribution in [0.4, 0.5) is 0 Å². The Labute approximate surface area is 157 Å². The first-order valence-corrected chi connectivity index (χ1v) is 8.87. The minimum absolute atomic E-state index is 0.0821. The summed E-state index contributed by atoms with van der Waals surface area (Å²) in [6.07, 6.45) is 0. The molecular formula is C21H20N2O4. The molecule has 1 N–H and O–H groups in total. The third-order valence-corrected chi connectivity index (χ3v) is 4.62. The molecule has 1 fully saturated rings. The Morgan fingerprint density at radius 2 is 1.81 bits per heavy atom. The number of hydrogen-bond donors (Lipinski definition) is 1. The molecule has 0 aliphatic carbocycles. The van der Waals surface area contributed by atoms with Crippen LogP contribution >= 0.6 is 0 Å². The number of rotatable bonds is 3. The van der Waals surface area contributed by atoms with E-state index in [2.05, 4.69) is 4.98 Å². The van der Waals surface area contributed by atoms with E-state index in [-0.39, 0.29) is 17.4 Å². The minimum Gasteiger partial charge on any atom is -0.505 e. The Morgan fingerprint density at radius 3 is 2.56 bits per heavy atom. The number of aryl methyl sites for hydroxylation is 1. The van der Waals surface area contributed by atoms with Crippen molar-refractivity contribution in [2.75, 3.05) is 26.3 Å². The predicted octanol–water partition coefficient (Wildman–Crippen LogP) is 3.51. The Morgan fingerprint density at radius 1 is 1.07 bits per heavy atom. The molecule has 1 aliphatic rings. The van der Waals surface area contributed by atoms with Crippen LogP contribution in [0.25, 0.3) is 10.8 Å². The normalized spacial score (nSPS) is 14.3. The van der Waals surface area contributed by atoms with E-state index in [1.54, 1.807) is 17.0 Å². The van der Waals surface area contributed by atoms with Gasteiger partial charge in [0.15, 0.2) is 11.4 Å². The summed E-state index contributed by atoms with van der Waals surface area (Å²) in [6, 6.07) is 14.8. The summed E-state index contributed by atoms with van der Waals surface area (Å²) in [5, 5.41) is 12.0. The maximum atomic E-state index is 12.7. The quantitative estimate of drug-likeness (QED) is 0.770. The Bertz CT molecular complexity index is 982. The van der Waals surface area contributed by atoms with Crippen LogP contribution in [0.2, 0.25) is 0 Å². The number of pyridine rings is 1. The number of benzene rings is 2. The van der Waals surface area contributed by atoms with Crippen molar-refractivity contribution in [2.24, 2.45) is 0 Å². The second kappa shape index (κ2) is 7.25. The van der Waals surface area contributed by atoms with Gasteiger partial charge >= 0.3 is 0 Å². The van der Waals surface area contributed by atoms with E-state index < -0.39 is 0 Å². The first-order valence-electron chi connectivity index (χ1n) is 8.87. The van der Waals surface area contributed by atoms with Gasteiger partial charge in [0.2, 0.25) is 0 Å². The largest absolute Gasteiger partial charge is 0.505 e. The van der Waals surface area contributed by atoms with Crippen molar-refractivity contribution >= 4 is 16.7 Å². The zero-order chi connectivity index (χ0) is 18.8. The number of para-hydroxylation sites is 1. The van der Waals surface area contributed by atoms with E-state index >= 15 is 0 Å². The molecule has 6 heteroatoms. The number of morpholine rings is 1. The zero-order valence-corrected chi connectivity index (χ0v) is 15.0. The average molecular weight is 364 g/mol. The fraction of sp³-hybridized carbons (Fsp3) is 0.238. The van der Waals surface area contributed by atoms with E-state index in [9.17, 15) is 9.90 Å². The lowest BCUT2D eigenvalue weighted by molar-refractivity contribution is 0.0297. The molecule has 1 aromatic heterocycles. The van der Waals surface area contributed by atoms with Gasteiger partial charge in [-0.05, 0) is 37.3 Å². The summed E-state index contributed by atoms with van der Waals surface area (Å²) in [6.45, 7) is 3.82. The van der Waals surface area contributed by atoms with E-state index in [1.807, 2.05) is 43.3 Å². The van der Waals surface area contributed by atoms with Gasteiger partial charge in [0.25, 0.3) is 5.91 Å². The number of nitrogens with zero attached hydrogens (tertiary/aromatic N) is 2. The van der Waals surface area contributed by atoms with Gasteiger partial charge in [-0.25, -0.2) is 4.98 Å². The molecule has 6 nitrogen and oxygen atoms in total. The summed E-state index contributed by atoms with van der Waals surface area (Å²) < 4.78 is 11.1. The smallest absolute Gasteiger partial charge is 0.276 e. The van der Waals surface area contributed by atoms with Crippen LogP contribution in [0.3, 0.4) is 0 Å². The van der Waals surface area contributed by atoms with Crippen molar-refractivity contribution in [3.63, 3.8) is 0 Å². The van der Waals surface area contributed by atoms with Crippen LogP contribution in [0.5, 0.6) is 17.2 Å². The number of carbonyl (C=O) groups excluding carboxylic acids is 1. The number of aromatic nitrogens is 1. The number of ether oxygens (including phenoxy) is 2. The SMILES string of the molecule is Cc1nc(C(=O)N2CCOCC2)c(O)c2ccc(Oc3ccccc3)cc12. The molecule has 2 aromatic carbocycles. The lowest BCUT2D eigenvalue weighted by atomic mass is 10.1. The van der Waals surface area contributed by atoms with Crippen LogP contribution in [0.1, 0.15) is 16.2 Å². The lowest BCUT2D eigenvalue weighted by Crippen LogP contribution is -2.41. The standard InChI is InChI=1S/C21H20N2O4/c1-14-18-13-16(27-15-5-3-2-4-6-15)7-8-17(18)20(24)19(22-14)21(25)23-9-11-26-12-10-23/h2-8,13,24H,9-12H2,1H3. The highest BCUT2D eigenvalue weighted by Crippen LogP contribution is 2.34.